The SMILES string of the molecule is C[C@@]12CCC[C@H]1C(=O)N2. The third kappa shape index (κ3) is 0.485. The normalized spacial score (nSPS) is 47.7. The Kier molecular flexibility index (Phi) is 0.765. The molecule has 0 bridgehead atoms. The van der Waals surface area contributed by atoms with Crippen molar-refractivity contribution in [2.75, 3.05) is 0 Å². The van der Waals surface area contributed by atoms with Crippen molar-refractivity contribution in [1.29, 1.82) is 0 Å². The maximum absolute atomic E-state index is 10.8. The van der Waals surface area contributed by atoms with Gasteiger partial charge in [0, 0.05) is 5.54 Å². The van der Waals surface area contributed by atoms with E-state index in [-0.39, 0.29) is 11.4 Å². The van der Waals surface area contributed by atoms with E-state index >= 15 is 0 Å². The fourth-order valence-electron chi connectivity index (χ4n) is 2.03. The number of hydrogen-bond acceptors (Lipinski definition) is 1. The van der Waals surface area contributed by atoms with Gasteiger partial charge in [0.2, 0.25) is 5.91 Å². The number of fused-ring (bicyclic) bond motifs is 1. The maximum Gasteiger partial charge on any atom is 0.225 e. The van der Waals surface area contributed by atoms with Crippen LogP contribution in [0.2, 0.25) is 0 Å². The number of rotatable bonds is 0. The lowest BCUT2D eigenvalue weighted by atomic mass is 9.80. The van der Waals surface area contributed by atoms with Gasteiger partial charge in [0.05, 0.1) is 5.92 Å². The van der Waals surface area contributed by atoms with Gasteiger partial charge in [-0.15, -0.1) is 0 Å². The molecule has 0 unspecified atom stereocenters. The molecule has 1 saturated heterocycles. The summed E-state index contributed by atoms with van der Waals surface area (Å²) in [6.45, 7) is 2.14. The number of nitrogens with one attached hydrogen (secondary N) is 1. The molecule has 2 nitrogen and oxygen atoms in total. The van der Waals surface area contributed by atoms with Gasteiger partial charge in [0.25, 0.3) is 0 Å². The predicted molar refractivity (Wildman–Crippen MR) is 33.9 cm³/mol. The van der Waals surface area contributed by atoms with Gasteiger partial charge in [0.15, 0.2) is 0 Å². The summed E-state index contributed by atoms with van der Waals surface area (Å²) < 4.78 is 0. The van der Waals surface area contributed by atoms with Crippen LogP contribution in [0.3, 0.4) is 0 Å². The fourth-order valence-corrected chi connectivity index (χ4v) is 2.03. The Morgan fingerprint density at radius 3 is 3.00 bits per heavy atom. The van der Waals surface area contributed by atoms with Gasteiger partial charge < -0.3 is 5.32 Å². The van der Waals surface area contributed by atoms with Gasteiger partial charge >= 0.3 is 0 Å². The van der Waals surface area contributed by atoms with Crippen LogP contribution in [0.15, 0.2) is 0 Å². The Morgan fingerprint density at radius 2 is 2.56 bits per heavy atom. The Hall–Kier alpha value is -0.530. The van der Waals surface area contributed by atoms with Crippen molar-refractivity contribution in [2.45, 2.75) is 31.7 Å². The van der Waals surface area contributed by atoms with E-state index in [1.165, 1.54) is 12.8 Å². The number of carbonyl (C=O) groups excluding carboxylic acids is 1. The minimum absolute atomic E-state index is 0.205. The van der Waals surface area contributed by atoms with Gasteiger partial charge in [0.1, 0.15) is 0 Å². The van der Waals surface area contributed by atoms with Gasteiger partial charge in [-0.2, -0.15) is 0 Å². The first kappa shape index (κ1) is 5.27. The molecule has 1 aliphatic heterocycles. The minimum Gasteiger partial charge on any atom is -0.350 e. The monoisotopic (exact) mass is 125 g/mol. The molecule has 0 spiro atoms. The molecule has 1 aliphatic carbocycles. The number of amides is 1. The Bertz CT molecular complexity index is 166. The molecule has 2 atom stereocenters. The molecule has 0 aromatic rings. The summed E-state index contributed by atoms with van der Waals surface area (Å²) >= 11 is 0. The first-order chi connectivity index (χ1) is 4.22. The Morgan fingerprint density at radius 1 is 1.78 bits per heavy atom. The molecule has 1 heterocycles. The van der Waals surface area contributed by atoms with Gasteiger partial charge in [-0.25, -0.2) is 0 Å². The lowest BCUT2D eigenvalue weighted by Gasteiger charge is -2.42. The molecule has 50 valence electrons. The van der Waals surface area contributed by atoms with E-state index in [1.54, 1.807) is 0 Å². The van der Waals surface area contributed by atoms with Crippen molar-refractivity contribution >= 4 is 5.91 Å². The smallest absolute Gasteiger partial charge is 0.225 e. The van der Waals surface area contributed by atoms with Crippen molar-refractivity contribution in [3.63, 3.8) is 0 Å². The second-order valence-electron chi connectivity index (χ2n) is 3.35. The van der Waals surface area contributed by atoms with Crippen LogP contribution in [0.1, 0.15) is 26.2 Å². The van der Waals surface area contributed by atoms with E-state index in [0.29, 0.717) is 5.92 Å². The molecule has 0 radical (unpaired) electrons. The molecule has 2 aliphatic rings. The zero-order chi connectivity index (χ0) is 6.48. The number of β-lactam (4-membered cyclic amide) rings is 1. The molecule has 1 saturated carbocycles. The highest BCUT2D eigenvalue weighted by Gasteiger charge is 2.52. The van der Waals surface area contributed by atoms with Gasteiger partial charge in [-0.3, -0.25) is 4.79 Å². The molecule has 2 heteroatoms. The molecule has 9 heavy (non-hydrogen) atoms. The molecule has 1 amide bonds. The molecular weight excluding hydrogens is 114 g/mol. The summed E-state index contributed by atoms with van der Waals surface area (Å²) in [4.78, 5) is 10.8. The van der Waals surface area contributed by atoms with Crippen molar-refractivity contribution in [2.24, 2.45) is 5.92 Å². The van der Waals surface area contributed by atoms with E-state index in [9.17, 15) is 4.79 Å². The van der Waals surface area contributed by atoms with Crippen LogP contribution < -0.4 is 5.32 Å². The molecular formula is C7H11NO. The van der Waals surface area contributed by atoms with Gasteiger partial charge in [-0.05, 0) is 19.8 Å². The number of hydrogen-bond donors (Lipinski definition) is 1. The van der Waals surface area contributed by atoms with Crippen molar-refractivity contribution < 1.29 is 4.79 Å². The first-order valence-corrected chi connectivity index (χ1v) is 3.54. The van der Waals surface area contributed by atoms with Crippen LogP contribution in [0.4, 0.5) is 0 Å². The van der Waals surface area contributed by atoms with Crippen LogP contribution in [0.5, 0.6) is 0 Å². The topological polar surface area (TPSA) is 29.1 Å². The highest BCUT2D eigenvalue weighted by Crippen LogP contribution is 2.41. The Labute approximate surface area is 54.6 Å². The third-order valence-electron chi connectivity index (χ3n) is 2.68. The lowest BCUT2D eigenvalue weighted by Crippen LogP contribution is -2.64. The molecule has 2 rings (SSSR count). The van der Waals surface area contributed by atoms with Crippen LogP contribution in [-0.2, 0) is 4.79 Å². The lowest BCUT2D eigenvalue weighted by molar-refractivity contribution is -0.138. The van der Waals surface area contributed by atoms with Crippen molar-refractivity contribution in [3.05, 3.63) is 0 Å². The largest absolute Gasteiger partial charge is 0.350 e. The maximum atomic E-state index is 10.8. The van der Waals surface area contributed by atoms with E-state index < -0.39 is 0 Å². The fraction of sp³-hybridized carbons (Fsp3) is 0.857. The van der Waals surface area contributed by atoms with Crippen molar-refractivity contribution in [3.8, 4) is 0 Å². The third-order valence-corrected chi connectivity index (χ3v) is 2.68. The summed E-state index contributed by atoms with van der Waals surface area (Å²) in [5, 5.41) is 2.94. The van der Waals surface area contributed by atoms with Crippen LogP contribution in [0, 0.1) is 5.92 Å². The molecule has 0 aromatic heterocycles. The second-order valence-corrected chi connectivity index (χ2v) is 3.35. The minimum atomic E-state index is 0.205. The molecule has 2 fully saturated rings. The average molecular weight is 125 g/mol. The summed E-state index contributed by atoms with van der Waals surface area (Å²) in [5.74, 6) is 0.632. The zero-order valence-electron chi connectivity index (χ0n) is 5.61. The molecule has 0 aromatic carbocycles. The standard InChI is InChI=1S/C7H11NO/c1-7-4-2-3-5(7)6(9)8-7/h5H,2-4H2,1H3,(H,8,9)/t5-,7+/m0/s1. The zero-order valence-corrected chi connectivity index (χ0v) is 5.61. The van der Waals surface area contributed by atoms with Crippen molar-refractivity contribution in [1.82, 2.24) is 5.32 Å². The average Bonchev–Trinajstić information content (AvgIpc) is 2.06. The van der Waals surface area contributed by atoms with E-state index in [1.807, 2.05) is 0 Å². The molecule has 1 N–H and O–H groups in total. The number of carbonyl (C=O) groups is 1. The first-order valence-electron chi connectivity index (χ1n) is 3.54. The second kappa shape index (κ2) is 1.31. The van der Waals surface area contributed by atoms with E-state index in [0.717, 1.165) is 6.42 Å². The highest BCUT2D eigenvalue weighted by atomic mass is 16.2. The van der Waals surface area contributed by atoms with Crippen LogP contribution in [-0.4, -0.2) is 11.4 Å². The predicted octanol–water partition coefficient (Wildman–Crippen LogP) is 0.675. The highest BCUT2D eigenvalue weighted by molar-refractivity contribution is 5.88. The summed E-state index contributed by atoms with van der Waals surface area (Å²) in [7, 11) is 0. The Balaban J connectivity index is 2.21. The van der Waals surface area contributed by atoms with Crippen LogP contribution in [0.25, 0.3) is 0 Å². The summed E-state index contributed by atoms with van der Waals surface area (Å²) in [6, 6.07) is 0. The van der Waals surface area contributed by atoms with E-state index in [4.69, 9.17) is 0 Å². The van der Waals surface area contributed by atoms with Crippen LogP contribution >= 0.6 is 0 Å². The van der Waals surface area contributed by atoms with E-state index in [2.05, 4.69) is 12.2 Å². The summed E-state index contributed by atoms with van der Waals surface area (Å²) in [6.07, 6.45) is 3.52. The quantitative estimate of drug-likeness (QED) is 0.474. The van der Waals surface area contributed by atoms with Gasteiger partial charge in [-0.1, -0.05) is 6.42 Å². The summed E-state index contributed by atoms with van der Waals surface area (Å²) in [5.41, 5.74) is 0.205.